The molecule has 2 N–H and O–H groups in total. The molecular weight excluding hydrogens is 242 g/mol. The predicted molar refractivity (Wildman–Crippen MR) is 78.6 cm³/mol. The summed E-state index contributed by atoms with van der Waals surface area (Å²) in [6.45, 7) is 3.88. The van der Waals surface area contributed by atoms with Gasteiger partial charge in [0.05, 0.1) is 23.5 Å². The molecule has 1 rings (SSSR count). The molecule has 5 nitrogen and oxygen atoms in total. The summed E-state index contributed by atoms with van der Waals surface area (Å²) in [6, 6.07) is 5.43. The molecule has 19 heavy (non-hydrogen) atoms. The number of para-hydroxylation sites is 1. The van der Waals surface area contributed by atoms with E-state index < -0.39 is 0 Å². The van der Waals surface area contributed by atoms with E-state index in [0.29, 0.717) is 17.9 Å². The van der Waals surface area contributed by atoms with Crippen LogP contribution in [0.5, 0.6) is 0 Å². The lowest BCUT2D eigenvalue weighted by atomic mass is 10.1. The van der Waals surface area contributed by atoms with Gasteiger partial charge in [-0.1, -0.05) is 6.07 Å². The van der Waals surface area contributed by atoms with Gasteiger partial charge in [-0.25, -0.2) is 4.79 Å². The maximum absolute atomic E-state index is 11.8. The Labute approximate surface area is 114 Å². The number of nitrogens with two attached hydrogens (primary N) is 1. The molecule has 0 aromatic heterocycles. The van der Waals surface area contributed by atoms with Crippen molar-refractivity contribution in [1.29, 1.82) is 0 Å². The lowest BCUT2D eigenvalue weighted by Gasteiger charge is -2.23. The van der Waals surface area contributed by atoms with Crippen molar-refractivity contribution in [3.8, 4) is 0 Å². The summed E-state index contributed by atoms with van der Waals surface area (Å²) in [5, 5.41) is 0. The Balaban J connectivity index is 2.90. The molecule has 1 aromatic carbocycles. The number of nitrogens with zero attached hydrogens (tertiary/aromatic N) is 2. The molecule has 0 heterocycles. The average molecular weight is 265 g/mol. The summed E-state index contributed by atoms with van der Waals surface area (Å²) in [4.78, 5) is 15.9. The van der Waals surface area contributed by atoms with Crippen molar-refractivity contribution in [2.45, 2.75) is 6.92 Å². The Bertz CT molecular complexity index is 433. The van der Waals surface area contributed by atoms with Gasteiger partial charge in [-0.05, 0) is 33.2 Å². The molecule has 0 unspecified atom stereocenters. The number of rotatable bonds is 6. The summed E-state index contributed by atoms with van der Waals surface area (Å²) in [5.74, 6) is -0.372. The van der Waals surface area contributed by atoms with Crippen molar-refractivity contribution in [1.82, 2.24) is 4.90 Å². The van der Waals surface area contributed by atoms with Gasteiger partial charge in [0.15, 0.2) is 0 Å². The number of hydrogen-bond acceptors (Lipinski definition) is 5. The van der Waals surface area contributed by atoms with Crippen molar-refractivity contribution in [3.05, 3.63) is 23.8 Å². The highest BCUT2D eigenvalue weighted by Gasteiger charge is 2.15. The quantitative estimate of drug-likeness (QED) is 0.623. The number of esters is 1. The Morgan fingerprint density at radius 2 is 1.95 bits per heavy atom. The molecule has 0 saturated carbocycles. The van der Waals surface area contributed by atoms with E-state index in [-0.39, 0.29) is 5.97 Å². The topological polar surface area (TPSA) is 58.8 Å². The van der Waals surface area contributed by atoms with Crippen LogP contribution < -0.4 is 10.6 Å². The monoisotopic (exact) mass is 265 g/mol. The molecule has 0 aliphatic carbocycles. The molecule has 0 fully saturated rings. The Morgan fingerprint density at radius 3 is 2.53 bits per heavy atom. The van der Waals surface area contributed by atoms with Crippen molar-refractivity contribution in [3.63, 3.8) is 0 Å². The summed E-state index contributed by atoms with van der Waals surface area (Å²) in [6.07, 6.45) is 0. The summed E-state index contributed by atoms with van der Waals surface area (Å²) < 4.78 is 5.00. The van der Waals surface area contributed by atoms with Crippen LogP contribution in [0.4, 0.5) is 11.4 Å². The minimum absolute atomic E-state index is 0.346. The largest absolute Gasteiger partial charge is 0.462 e. The van der Waals surface area contributed by atoms with Gasteiger partial charge in [0.25, 0.3) is 0 Å². The average Bonchev–Trinajstić information content (AvgIpc) is 2.36. The van der Waals surface area contributed by atoms with E-state index in [1.54, 1.807) is 13.0 Å². The van der Waals surface area contributed by atoms with E-state index in [1.165, 1.54) is 0 Å². The minimum atomic E-state index is -0.372. The molecule has 0 aliphatic heterocycles. The van der Waals surface area contributed by atoms with Crippen LogP contribution in [0.3, 0.4) is 0 Å². The normalized spacial score (nSPS) is 10.6. The fourth-order valence-corrected chi connectivity index (χ4v) is 1.74. The zero-order chi connectivity index (χ0) is 14.4. The first-order valence-corrected chi connectivity index (χ1v) is 6.38. The maximum atomic E-state index is 11.8. The van der Waals surface area contributed by atoms with Crippen LogP contribution in [0.25, 0.3) is 0 Å². The smallest absolute Gasteiger partial charge is 0.340 e. The fraction of sp³-hybridized carbons (Fsp3) is 0.500. The van der Waals surface area contributed by atoms with Crippen LogP contribution in [0.1, 0.15) is 17.3 Å². The minimum Gasteiger partial charge on any atom is -0.462 e. The van der Waals surface area contributed by atoms with Crippen molar-refractivity contribution in [2.75, 3.05) is 51.5 Å². The highest BCUT2D eigenvalue weighted by Crippen LogP contribution is 2.26. The molecule has 0 spiro atoms. The lowest BCUT2D eigenvalue weighted by molar-refractivity contribution is 0.0527. The Morgan fingerprint density at radius 1 is 1.26 bits per heavy atom. The van der Waals surface area contributed by atoms with Gasteiger partial charge >= 0.3 is 5.97 Å². The van der Waals surface area contributed by atoms with Crippen LogP contribution in [-0.2, 0) is 4.74 Å². The zero-order valence-corrected chi connectivity index (χ0v) is 12.1. The summed E-state index contributed by atoms with van der Waals surface area (Å²) in [7, 11) is 6.00. The third-order valence-electron chi connectivity index (χ3n) is 2.87. The Kier molecular flexibility index (Phi) is 5.63. The predicted octanol–water partition coefficient (Wildman–Crippen LogP) is 1.44. The molecule has 0 bridgehead atoms. The molecule has 0 saturated heterocycles. The zero-order valence-electron chi connectivity index (χ0n) is 12.1. The molecule has 106 valence electrons. The van der Waals surface area contributed by atoms with E-state index in [2.05, 4.69) is 4.90 Å². The molecule has 1 aromatic rings. The highest BCUT2D eigenvalue weighted by molar-refractivity contribution is 5.98. The van der Waals surface area contributed by atoms with Crippen LogP contribution in [0, 0.1) is 0 Å². The molecular formula is C14H23N3O2. The fourth-order valence-electron chi connectivity index (χ4n) is 1.74. The first-order chi connectivity index (χ1) is 8.97. The van der Waals surface area contributed by atoms with Crippen LogP contribution in [0.15, 0.2) is 18.2 Å². The number of nitrogen functional groups attached to an aromatic ring is 1. The molecule has 0 amide bonds. The van der Waals surface area contributed by atoms with E-state index in [9.17, 15) is 4.79 Å². The maximum Gasteiger partial charge on any atom is 0.340 e. The number of hydrogen-bond donors (Lipinski definition) is 1. The number of anilines is 2. The van der Waals surface area contributed by atoms with Crippen molar-refractivity contribution < 1.29 is 9.53 Å². The van der Waals surface area contributed by atoms with E-state index in [4.69, 9.17) is 10.5 Å². The second-order valence-corrected chi connectivity index (χ2v) is 4.68. The van der Waals surface area contributed by atoms with Crippen LogP contribution in [-0.4, -0.2) is 51.7 Å². The van der Waals surface area contributed by atoms with E-state index in [1.807, 2.05) is 38.2 Å². The standard InChI is InChI=1S/C14H23N3O2/c1-5-19-14(18)11-7-6-8-12(13(11)15)17(4)10-9-16(2)3/h6-8H,5,9-10,15H2,1-4H3. The van der Waals surface area contributed by atoms with Crippen molar-refractivity contribution >= 4 is 17.3 Å². The van der Waals surface area contributed by atoms with Gasteiger partial charge in [-0.3, -0.25) is 0 Å². The van der Waals surface area contributed by atoms with Gasteiger partial charge in [-0.2, -0.15) is 0 Å². The summed E-state index contributed by atoms with van der Waals surface area (Å²) >= 11 is 0. The second kappa shape index (κ2) is 6.99. The second-order valence-electron chi connectivity index (χ2n) is 4.68. The number of likely N-dealkylation sites (N-methyl/N-ethyl adjacent to an activating group) is 2. The van der Waals surface area contributed by atoms with Gasteiger partial charge in [0.2, 0.25) is 0 Å². The van der Waals surface area contributed by atoms with Gasteiger partial charge < -0.3 is 20.3 Å². The Hall–Kier alpha value is -1.75. The third-order valence-corrected chi connectivity index (χ3v) is 2.87. The van der Waals surface area contributed by atoms with Gasteiger partial charge in [0, 0.05) is 20.1 Å². The molecule has 0 aliphatic rings. The number of ether oxygens (including phenoxy) is 1. The van der Waals surface area contributed by atoms with Crippen molar-refractivity contribution in [2.24, 2.45) is 0 Å². The van der Waals surface area contributed by atoms with E-state index >= 15 is 0 Å². The molecule has 0 atom stereocenters. The van der Waals surface area contributed by atoms with Crippen LogP contribution in [0.2, 0.25) is 0 Å². The molecule has 0 radical (unpaired) electrons. The molecule has 5 heteroatoms. The lowest BCUT2D eigenvalue weighted by Crippen LogP contribution is -2.29. The first kappa shape index (κ1) is 15.3. The first-order valence-electron chi connectivity index (χ1n) is 6.38. The SMILES string of the molecule is CCOC(=O)c1cccc(N(C)CCN(C)C)c1N. The van der Waals surface area contributed by atoms with E-state index in [0.717, 1.165) is 18.8 Å². The number of benzene rings is 1. The van der Waals surface area contributed by atoms with Gasteiger partial charge in [-0.15, -0.1) is 0 Å². The highest BCUT2D eigenvalue weighted by atomic mass is 16.5. The van der Waals surface area contributed by atoms with Gasteiger partial charge in [0.1, 0.15) is 0 Å². The number of carbonyl (C=O) groups excluding carboxylic acids is 1. The third kappa shape index (κ3) is 4.13. The number of carbonyl (C=O) groups is 1. The van der Waals surface area contributed by atoms with Crippen LogP contribution >= 0.6 is 0 Å². The summed E-state index contributed by atoms with van der Waals surface area (Å²) in [5.41, 5.74) is 7.82.